The Bertz CT molecular complexity index is 437. The predicted octanol–water partition coefficient (Wildman–Crippen LogP) is 1.73. The summed E-state index contributed by atoms with van der Waals surface area (Å²) < 4.78 is 0. The number of hydrogen-bond donors (Lipinski definition) is 3. The van der Waals surface area contributed by atoms with E-state index in [9.17, 15) is 15.0 Å². The number of phenols is 1. The van der Waals surface area contributed by atoms with Crippen LogP contribution in [0.25, 0.3) is 0 Å². The van der Waals surface area contributed by atoms with Gasteiger partial charge in [0.05, 0.1) is 6.10 Å². The maximum atomic E-state index is 12.1. The first-order chi connectivity index (χ1) is 8.58. The molecule has 2 rings (SSSR count). The first-order valence-corrected chi connectivity index (χ1v) is 6.35. The molecular formula is C14H19NO3. The van der Waals surface area contributed by atoms with Gasteiger partial charge in [-0.05, 0) is 44.7 Å². The minimum atomic E-state index is -0.222. The highest BCUT2D eigenvalue weighted by molar-refractivity contribution is 5.96. The Hall–Kier alpha value is -1.55. The quantitative estimate of drug-likeness (QED) is 0.747. The Morgan fingerprint density at radius 3 is 2.61 bits per heavy atom. The third-order valence-corrected chi connectivity index (χ3v) is 3.58. The summed E-state index contributed by atoms with van der Waals surface area (Å²) in [6.45, 7) is 1.73. The zero-order valence-electron chi connectivity index (χ0n) is 10.5. The number of carbonyl (C=O) groups is 1. The van der Waals surface area contributed by atoms with Gasteiger partial charge in [0.2, 0.25) is 0 Å². The van der Waals surface area contributed by atoms with Crippen molar-refractivity contribution in [3.63, 3.8) is 0 Å². The second kappa shape index (κ2) is 5.40. The van der Waals surface area contributed by atoms with E-state index in [0.717, 1.165) is 25.7 Å². The maximum absolute atomic E-state index is 12.1. The molecule has 4 nitrogen and oxygen atoms in total. The molecule has 0 unspecified atom stereocenters. The van der Waals surface area contributed by atoms with Crippen LogP contribution in [-0.2, 0) is 0 Å². The molecule has 18 heavy (non-hydrogen) atoms. The minimum absolute atomic E-state index is 0.127. The molecule has 0 spiro atoms. The van der Waals surface area contributed by atoms with Gasteiger partial charge in [-0.2, -0.15) is 0 Å². The Kier molecular flexibility index (Phi) is 3.87. The first-order valence-electron chi connectivity index (χ1n) is 6.35. The SMILES string of the molecule is Cc1c(O)cccc1C(=O)NC1CCC(O)CC1. The average Bonchev–Trinajstić information content (AvgIpc) is 2.35. The van der Waals surface area contributed by atoms with Gasteiger partial charge in [0.25, 0.3) is 5.91 Å². The number of aromatic hydroxyl groups is 1. The molecule has 0 saturated heterocycles. The molecule has 1 fully saturated rings. The fourth-order valence-corrected chi connectivity index (χ4v) is 2.35. The molecule has 0 bridgehead atoms. The lowest BCUT2D eigenvalue weighted by Crippen LogP contribution is -2.38. The summed E-state index contributed by atoms with van der Waals surface area (Å²) in [7, 11) is 0. The molecule has 1 saturated carbocycles. The van der Waals surface area contributed by atoms with Crippen LogP contribution in [0.4, 0.5) is 0 Å². The highest BCUT2D eigenvalue weighted by Crippen LogP contribution is 2.21. The molecule has 98 valence electrons. The molecule has 0 aliphatic heterocycles. The summed E-state index contributed by atoms with van der Waals surface area (Å²) in [4.78, 5) is 12.1. The summed E-state index contributed by atoms with van der Waals surface area (Å²) in [6, 6.07) is 5.08. The van der Waals surface area contributed by atoms with Crippen molar-refractivity contribution < 1.29 is 15.0 Å². The van der Waals surface area contributed by atoms with E-state index in [1.807, 2.05) is 0 Å². The summed E-state index contributed by atoms with van der Waals surface area (Å²) in [5, 5.41) is 22.0. The fourth-order valence-electron chi connectivity index (χ4n) is 2.35. The van der Waals surface area contributed by atoms with Gasteiger partial charge < -0.3 is 15.5 Å². The van der Waals surface area contributed by atoms with Crippen LogP contribution >= 0.6 is 0 Å². The smallest absolute Gasteiger partial charge is 0.251 e. The predicted molar refractivity (Wildman–Crippen MR) is 68.6 cm³/mol. The number of amides is 1. The molecule has 1 amide bonds. The van der Waals surface area contributed by atoms with Crippen molar-refractivity contribution in [3.05, 3.63) is 29.3 Å². The van der Waals surface area contributed by atoms with Gasteiger partial charge in [-0.25, -0.2) is 0 Å². The van der Waals surface area contributed by atoms with Crippen LogP contribution in [0.15, 0.2) is 18.2 Å². The Balaban J connectivity index is 2.01. The lowest BCUT2D eigenvalue weighted by Gasteiger charge is -2.26. The van der Waals surface area contributed by atoms with Crippen molar-refractivity contribution in [2.75, 3.05) is 0 Å². The van der Waals surface area contributed by atoms with E-state index < -0.39 is 0 Å². The zero-order valence-corrected chi connectivity index (χ0v) is 10.5. The number of carbonyl (C=O) groups excluding carboxylic acids is 1. The number of phenolic OH excluding ortho intramolecular Hbond substituents is 1. The highest BCUT2D eigenvalue weighted by Gasteiger charge is 2.22. The van der Waals surface area contributed by atoms with Crippen molar-refractivity contribution in [2.45, 2.75) is 44.8 Å². The number of benzene rings is 1. The fraction of sp³-hybridized carbons (Fsp3) is 0.500. The zero-order chi connectivity index (χ0) is 13.1. The van der Waals surface area contributed by atoms with Gasteiger partial charge in [-0.15, -0.1) is 0 Å². The first kappa shape index (κ1) is 12.9. The van der Waals surface area contributed by atoms with Gasteiger partial charge in [0.15, 0.2) is 0 Å². The molecule has 0 radical (unpaired) electrons. The highest BCUT2D eigenvalue weighted by atomic mass is 16.3. The van der Waals surface area contributed by atoms with Gasteiger partial charge in [-0.1, -0.05) is 6.07 Å². The van der Waals surface area contributed by atoms with Crippen molar-refractivity contribution in [2.24, 2.45) is 0 Å². The van der Waals surface area contributed by atoms with E-state index in [4.69, 9.17) is 0 Å². The summed E-state index contributed by atoms with van der Waals surface area (Å²) in [5.41, 5.74) is 1.12. The van der Waals surface area contributed by atoms with Crippen LogP contribution in [0.5, 0.6) is 5.75 Å². The second-order valence-corrected chi connectivity index (χ2v) is 4.93. The Labute approximate surface area is 107 Å². The van der Waals surface area contributed by atoms with E-state index in [0.29, 0.717) is 11.1 Å². The minimum Gasteiger partial charge on any atom is -0.508 e. The summed E-state index contributed by atoms with van der Waals surface area (Å²) in [5.74, 6) is -0.00786. The van der Waals surface area contributed by atoms with Gasteiger partial charge in [0.1, 0.15) is 5.75 Å². The Morgan fingerprint density at radius 2 is 1.94 bits per heavy atom. The van der Waals surface area contributed by atoms with Crippen LogP contribution in [0.3, 0.4) is 0 Å². The van der Waals surface area contributed by atoms with Crippen molar-refractivity contribution in [3.8, 4) is 5.75 Å². The molecule has 0 heterocycles. The molecule has 4 heteroatoms. The van der Waals surface area contributed by atoms with Crippen LogP contribution in [0.1, 0.15) is 41.6 Å². The second-order valence-electron chi connectivity index (χ2n) is 4.93. The molecular weight excluding hydrogens is 230 g/mol. The van der Waals surface area contributed by atoms with Crippen molar-refractivity contribution in [1.82, 2.24) is 5.32 Å². The van der Waals surface area contributed by atoms with E-state index in [1.165, 1.54) is 0 Å². The number of nitrogens with one attached hydrogen (secondary N) is 1. The molecule has 0 aromatic heterocycles. The largest absolute Gasteiger partial charge is 0.508 e. The van der Waals surface area contributed by atoms with Gasteiger partial charge in [-0.3, -0.25) is 4.79 Å². The number of rotatable bonds is 2. The van der Waals surface area contributed by atoms with Gasteiger partial charge in [0, 0.05) is 17.2 Å². The van der Waals surface area contributed by atoms with E-state index in [1.54, 1.807) is 25.1 Å². The van der Waals surface area contributed by atoms with Crippen LogP contribution in [-0.4, -0.2) is 28.3 Å². The summed E-state index contributed by atoms with van der Waals surface area (Å²) >= 11 is 0. The van der Waals surface area contributed by atoms with Crippen molar-refractivity contribution >= 4 is 5.91 Å². The van der Waals surface area contributed by atoms with Crippen LogP contribution in [0.2, 0.25) is 0 Å². The Morgan fingerprint density at radius 1 is 1.28 bits per heavy atom. The lowest BCUT2D eigenvalue weighted by atomic mass is 9.93. The van der Waals surface area contributed by atoms with Crippen molar-refractivity contribution in [1.29, 1.82) is 0 Å². The topological polar surface area (TPSA) is 69.6 Å². The van der Waals surface area contributed by atoms with Crippen LogP contribution in [0, 0.1) is 6.92 Å². The number of aliphatic hydroxyl groups is 1. The third kappa shape index (κ3) is 2.82. The van der Waals surface area contributed by atoms with Gasteiger partial charge >= 0.3 is 0 Å². The molecule has 1 aromatic carbocycles. The third-order valence-electron chi connectivity index (χ3n) is 3.58. The average molecular weight is 249 g/mol. The van der Waals surface area contributed by atoms with E-state index >= 15 is 0 Å². The maximum Gasteiger partial charge on any atom is 0.251 e. The standard InChI is InChI=1S/C14H19NO3/c1-9-12(3-2-4-13(9)17)14(18)15-10-5-7-11(16)8-6-10/h2-4,10-11,16-17H,5-8H2,1H3,(H,15,18). The van der Waals surface area contributed by atoms with E-state index in [2.05, 4.69) is 5.32 Å². The van der Waals surface area contributed by atoms with E-state index in [-0.39, 0.29) is 23.8 Å². The molecule has 0 atom stereocenters. The number of aliphatic hydroxyl groups excluding tert-OH is 1. The number of hydrogen-bond acceptors (Lipinski definition) is 3. The normalized spacial score (nSPS) is 23.7. The summed E-state index contributed by atoms with van der Waals surface area (Å²) in [6.07, 6.45) is 2.88. The monoisotopic (exact) mass is 249 g/mol. The molecule has 3 N–H and O–H groups in total. The molecule has 1 aliphatic rings. The molecule has 1 aromatic rings. The molecule has 1 aliphatic carbocycles. The lowest BCUT2D eigenvalue weighted by molar-refractivity contribution is 0.0866. The van der Waals surface area contributed by atoms with Crippen LogP contribution < -0.4 is 5.32 Å².